The van der Waals surface area contributed by atoms with Gasteiger partial charge in [-0.3, -0.25) is 4.79 Å². The van der Waals surface area contributed by atoms with Crippen LogP contribution < -0.4 is 5.32 Å². The summed E-state index contributed by atoms with van der Waals surface area (Å²) < 4.78 is 26.2. The number of carboxylic acid groups (broad SMARTS) is 1. The van der Waals surface area contributed by atoms with Crippen LogP contribution in [0.5, 0.6) is 0 Å². The van der Waals surface area contributed by atoms with Crippen molar-refractivity contribution in [2.75, 3.05) is 19.6 Å². The first-order valence-electron chi connectivity index (χ1n) is 6.34. The maximum absolute atomic E-state index is 12.6. The summed E-state index contributed by atoms with van der Waals surface area (Å²) in [5, 5.41) is 20.9. The van der Waals surface area contributed by atoms with Gasteiger partial charge in [-0.05, 0) is 30.7 Å². The van der Waals surface area contributed by atoms with E-state index in [1.807, 2.05) is 6.07 Å². The van der Waals surface area contributed by atoms with Gasteiger partial charge in [0, 0.05) is 19.6 Å². The van der Waals surface area contributed by atoms with Gasteiger partial charge in [-0.15, -0.1) is 0 Å². The number of aryl methyl sites for hydroxylation is 1. The molecule has 0 aliphatic carbocycles. The zero-order valence-corrected chi connectivity index (χ0v) is 12.2. The van der Waals surface area contributed by atoms with Crippen molar-refractivity contribution in [3.05, 3.63) is 29.3 Å². The smallest absolute Gasteiger partial charge is 0.323 e. The fourth-order valence-corrected chi connectivity index (χ4v) is 3.91. The van der Waals surface area contributed by atoms with Crippen molar-refractivity contribution in [2.45, 2.75) is 17.9 Å². The van der Waals surface area contributed by atoms with Crippen molar-refractivity contribution in [2.24, 2.45) is 0 Å². The van der Waals surface area contributed by atoms with E-state index in [1.165, 1.54) is 18.2 Å². The number of piperazine rings is 1. The zero-order chi connectivity index (χ0) is 15.6. The minimum absolute atomic E-state index is 0.00662. The number of carbonyl (C=O) groups is 1. The molecule has 7 nitrogen and oxygen atoms in total. The predicted molar refractivity (Wildman–Crippen MR) is 74.1 cm³/mol. The Balaban J connectivity index is 2.43. The van der Waals surface area contributed by atoms with Crippen molar-refractivity contribution in [3.8, 4) is 6.07 Å². The normalized spacial score (nSPS) is 19.9. The first kappa shape index (κ1) is 15.4. The van der Waals surface area contributed by atoms with E-state index in [-0.39, 0.29) is 18.0 Å². The average Bonchev–Trinajstić information content (AvgIpc) is 2.47. The number of benzene rings is 1. The standard InChI is InChI=1S/C13H15N3O4S/c1-9-6-11(3-2-10(9)7-14)21(19,20)16-5-4-15-8-12(16)13(17)18/h2-3,6,12,15H,4-5,8H2,1H3,(H,17,18). The number of aliphatic carboxylic acids is 1. The molecule has 8 heteroatoms. The van der Waals surface area contributed by atoms with E-state index < -0.39 is 22.0 Å². The van der Waals surface area contributed by atoms with Gasteiger partial charge >= 0.3 is 5.97 Å². The van der Waals surface area contributed by atoms with Gasteiger partial charge in [0.1, 0.15) is 6.04 Å². The Hall–Kier alpha value is -1.95. The Morgan fingerprint density at radius 2 is 2.24 bits per heavy atom. The second-order valence-corrected chi connectivity index (χ2v) is 6.65. The lowest BCUT2D eigenvalue weighted by molar-refractivity contribution is -0.141. The molecule has 1 aliphatic rings. The summed E-state index contributed by atoms with van der Waals surface area (Å²) in [5.41, 5.74) is 0.935. The first-order chi connectivity index (χ1) is 9.87. The molecule has 1 atom stereocenters. The molecule has 0 amide bonds. The summed E-state index contributed by atoms with van der Waals surface area (Å²) in [7, 11) is -3.90. The van der Waals surface area contributed by atoms with Gasteiger partial charge in [-0.25, -0.2) is 8.42 Å². The monoisotopic (exact) mass is 309 g/mol. The highest BCUT2D eigenvalue weighted by molar-refractivity contribution is 7.89. The highest BCUT2D eigenvalue weighted by atomic mass is 32.2. The van der Waals surface area contributed by atoms with E-state index >= 15 is 0 Å². The van der Waals surface area contributed by atoms with Gasteiger partial charge in [-0.1, -0.05) is 0 Å². The Labute approximate surface area is 122 Å². The van der Waals surface area contributed by atoms with E-state index in [4.69, 9.17) is 10.4 Å². The second-order valence-electron chi connectivity index (χ2n) is 4.76. The molecule has 0 spiro atoms. The Morgan fingerprint density at radius 1 is 1.52 bits per heavy atom. The van der Waals surface area contributed by atoms with Crippen molar-refractivity contribution < 1.29 is 18.3 Å². The van der Waals surface area contributed by atoms with E-state index in [0.717, 1.165) is 4.31 Å². The lowest BCUT2D eigenvalue weighted by Gasteiger charge is -2.32. The third kappa shape index (κ3) is 2.90. The largest absolute Gasteiger partial charge is 0.480 e. The molecule has 0 bridgehead atoms. The lowest BCUT2D eigenvalue weighted by Crippen LogP contribution is -2.56. The van der Waals surface area contributed by atoms with Crippen molar-refractivity contribution >= 4 is 16.0 Å². The summed E-state index contributed by atoms with van der Waals surface area (Å²) in [6.07, 6.45) is 0. The summed E-state index contributed by atoms with van der Waals surface area (Å²) in [6, 6.07) is 5.01. The Bertz CT molecular complexity index is 709. The molecule has 1 saturated heterocycles. The summed E-state index contributed by atoms with van der Waals surface area (Å²) in [5.74, 6) is -1.18. The van der Waals surface area contributed by atoms with Crippen molar-refractivity contribution in [3.63, 3.8) is 0 Å². The quantitative estimate of drug-likeness (QED) is 0.807. The number of nitrogens with one attached hydrogen (secondary N) is 1. The van der Waals surface area contributed by atoms with Crippen LogP contribution in [0.15, 0.2) is 23.1 Å². The Kier molecular flexibility index (Phi) is 4.27. The number of rotatable bonds is 3. The van der Waals surface area contributed by atoms with E-state index in [1.54, 1.807) is 6.92 Å². The van der Waals surface area contributed by atoms with Gasteiger partial charge in [0.15, 0.2) is 0 Å². The fourth-order valence-electron chi connectivity index (χ4n) is 2.24. The third-order valence-corrected chi connectivity index (χ3v) is 5.31. The zero-order valence-electron chi connectivity index (χ0n) is 11.4. The molecule has 1 heterocycles. The summed E-state index contributed by atoms with van der Waals surface area (Å²) >= 11 is 0. The van der Waals surface area contributed by atoms with Crippen LogP contribution in [0.25, 0.3) is 0 Å². The number of sulfonamides is 1. The minimum atomic E-state index is -3.90. The van der Waals surface area contributed by atoms with Gasteiger partial charge in [0.05, 0.1) is 16.5 Å². The number of carboxylic acids is 1. The van der Waals surface area contributed by atoms with Gasteiger partial charge in [-0.2, -0.15) is 9.57 Å². The number of hydrogen-bond donors (Lipinski definition) is 2. The highest BCUT2D eigenvalue weighted by Crippen LogP contribution is 2.22. The van der Waals surface area contributed by atoms with E-state index in [9.17, 15) is 13.2 Å². The molecule has 0 saturated carbocycles. The first-order valence-corrected chi connectivity index (χ1v) is 7.78. The minimum Gasteiger partial charge on any atom is -0.480 e. The average molecular weight is 309 g/mol. The highest BCUT2D eigenvalue weighted by Gasteiger charge is 2.37. The van der Waals surface area contributed by atoms with E-state index in [0.29, 0.717) is 17.7 Å². The van der Waals surface area contributed by atoms with Gasteiger partial charge in [0.25, 0.3) is 0 Å². The molecule has 0 aromatic heterocycles. The van der Waals surface area contributed by atoms with E-state index in [2.05, 4.69) is 5.32 Å². The molecule has 112 valence electrons. The van der Waals surface area contributed by atoms with Crippen LogP contribution >= 0.6 is 0 Å². The van der Waals surface area contributed by atoms with Gasteiger partial charge in [0.2, 0.25) is 10.0 Å². The molecule has 1 aromatic rings. The number of nitrogens with zero attached hydrogens (tertiary/aromatic N) is 2. The molecule has 1 unspecified atom stereocenters. The molecule has 1 aliphatic heterocycles. The van der Waals surface area contributed by atoms with Crippen LogP contribution in [0.1, 0.15) is 11.1 Å². The molecular weight excluding hydrogens is 294 g/mol. The molecular formula is C13H15N3O4S. The molecule has 2 rings (SSSR count). The molecule has 1 fully saturated rings. The summed E-state index contributed by atoms with van der Waals surface area (Å²) in [6.45, 7) is 2.21. The molecule has 0 radical (unpaired) electrons. The Morgan fingerprint density at radius 3 is 2.81 bits per heavy atom. The number of nitriles is 1. The van der Waals surface area contributed by atoms with Crippen molar-refractivity contribution in [1.82, 2.24) is 9.62 Å². The maximum atomic E-state index is 12.6. The van der Waals surface area contributed by atoms with Crippen LogP contribution in [-0.2, 0) is 14.8 Å². The maximum Gasteiger partial charge on any atom is 0.323 e. The molecule has 21 heavy (non-hydrogen) atoms. The van der Waals surface area contributed by atoms with Crippen molar-refractivity contribution in [1.29, 1.82) is 5.26 Å². The molecule has 1 aromatic carbocycles. The second kappa shape index (κ2) is 5.81. The van der Waals surface area contributed by atoms with Crippen LogP contribution in [0.3, 0.4) is 0 Å². The molecule has 2 N–H and O–H groups in total. The van der Waals surface area contributed by atoms with Crippen LogP contribution in [0.2, 0.25) is 0 Å². The lowest BCUT2D eigenvalue weighted by atomic mass is 10.1. The van der Waals surface area contributed by atoms with Gasteiger partial charge < -0.3 is 10.4 Å². The van der Waals surface area contributed by atoms with Crippen LogP contribution in [-0.4, -0.2) is 49.5 Å². The third-order valence-electron chi connectivity index (χ3n) is 3.40. The fraction of sp³-hybridized carbons (Fsp3) is 0.385. The van der Waals surface area contributed by atoms with Crippen LogP contribution in [0, 0.1) is 18.3 Å². The SMILES string of the molecule is Cc1cc(S(=O)(=O)N2CCNCC2C(=O)O)ccc1C#N. The number of hydrogen-bond acceptors (Lipinski definition) is 5. The topological polar surface area (TPSA) is 110 Å². The van der Waals surface area contributed by atoms with Crippen LogP contribution in [0.4, 0.5) is 0 Å². The summed E-state index contributed by atoms with van der Waals surface area (Å²) in [4.78, 5) is 11.2. The predicted octanol–water partition coefficient (Wildman–Crippen LogP) is -0.0862.